The Morgan fingerprint density at radius 1 is 1.00 bits per heavy atom. The van der Waals surface area contributed by atoms with Gasteiger partial charge >= 0.3 is 0 Å². The maximum atomic E-state index is 13.4. The molecule has 2 unspecified atom stereocenters. The van der Waals surface area contributed by atoms with Crippen LogP contribution in [0.4, 0.5) is 0 Å². The Labute approximate surface area is 156 Å². The fourth-order valence-corrected chi connectivity index (χ4v) is 10.5. The second-order valence-electron chi connectivity index (χ2n) is 9.08. The van der Waals surface area contributed by atoms with Gasteiger partial charge in [-0.05, 0) is 36.9 Å². The summed E-state index contributed by atoms with van der Waals surface area (Å²) in [6.45, 7) is 9.14. The lowest BCUT2D eigenvalue weighted by molar-refractivity contribution is 0.541. The first-order valence-corrected chi connectivity index (χ1v) is 15.2. The van der Waals surface area contributed by atoms with E-state index in [4.69, 9.17) is 0 Å². The van der Waals surface area contributed by atoms with E-state index in [1.54, 1.807) is 12.1 Å². The zero-order chi connectivity index (χ0) is 18.6. The Hall–Kier alpha value is -0.613. The van der Waals surface area contributed by atoms with Crippen LogP contribution in [0.5, 0.6) is 0 Å². The van der Waals surface area contributed by atoms with Crippen molar-refractivity contribution in [1.29, 1.82) is 0 Å². The van der Waals surface area contributed by atoms with Gasteiger partial charge in [0.1, 0.15) is 0 Å². The monoisotopic (exact) mass is 380 g/mol. The van der Waals surface area contributed by atoms with Crippen LogP contribution >= 0.6 is 0 Å². The van der Waals surface area contributed by atoms with Crippen molar-refractivity contribution in [3.05, 3.63) is 30.3 Å². The first-order valence-electron chi connectivity index (χ1n) is 10.0. The quantitative estimate of drug-likeness (QED) is 0.333. The molecule has 0 heterocycles. The molecule has 142 valence electrons. The number of rotatable bonds is 11. The highest BCUT2D eigenvalue weighted by molar-refractivity contribution is 7.93. The molecule has 4 heteroatoms. The van der Waals surface area contributed by atoms with E-state index in [-0.39, 0.29) is 0 Å². The topological polar surface area (TPSA) is 34.1 Å². The predicted octanol–water partition coefficient (Wildman–Crippen LogP) is 6.31. The summed E-state index contributed by atoms with van der Waals surface area (Å²) in [5.41, 5.74) is 0. The molecule has 0 saturated heterocycles. The van der Waals surface area contributed by atoms with Gasteiger partial charge in [0.2, 0.25) is 0 Å². The third-order valence-corrected chi connectivity index (χ3v) is 10.1. The van der Waals surface area contributed by atoms with Crippen molar-refractivity contribution in [1.82, 2.24) is 0 Å². The van der Waals surface area contributed by atoms with Gasteiger partial charge in [0.25, 0.3) is 0 Å². The van der Waals surface area contributed by atoms with E-state index in [0.717, 1.165) is 18.9 Å². The predicted molar refractivity (Wildman–Crippen MR) is 111 cm³/mol. The second kappa shape index (κ2) is 8.39. The number of sulfone groups is 1. The Balaban J connectivity index is 2.05. The molecular weight excluding hydrogens is 344 g/mol. The molecule has 0 amide bonds. The summed E-state index contributed by atoms with van der Waals surface area (Å²) in [6.07, 6.45) is 9.63. The molecule has 0 radical (unpaired) electrons. The SMILES string of the molecule is CCCCCCCCC1CC1(C[Si](C)(C)C)S(=O)(=O)c1ccccc1. The molecule has 2 nitrogen and oxygen atoms in total. The Bertz CT molecular complexity index is 634. The lowest BCUT2D eigenvalue weighted by Gasteiger charge is -2.26. The van der Waals surface area contributed by atoms with Gasteiger partial charge in [0.05, 0.1) is 9.64 Å². The van der Waals surface area contributed by atoms with E-state index in [1.165, 1.54) is 38.5 Å². The van der Waals surface area contributed by atoms with Gasteiger partial charge in [-0.1, -0.05) is 83.3 Å². The van der Waals surface area contributed by atoms with Crippen LogP contribution in [0.15, 0.2) is 35.2 Å². The lowest BCUT2D eigenvalue weighted by Crippen LogP contribution is -2.35. The third kappa shape index (κ3) is 5.19. The molecule has 1 aliphatic rings. The molecule has 1 aliphatic carbocycles. The lowest BCUT2D eigenvalue weighted by atomic mass is 10.1. The van der Waals surface area contributed by atoms with Crippen molar-refractivity contribution in [2.75, 3.05) is 0 Å². The van der Waals surface area contributed by atoms with Gasteiger partial charge in [-0.2, -0.15) is 0 Å². The van der Waals surface area contributed by atoms with E-state index < -0.39 is 22.7 Å². The van der Waals surface area contributed by atoms with Crippen LogP contribution in [0.1, 0.15) is 58.3 Å². The molecule has 2 atom stereocenters. The summed E-state index contributed by atoms with van der Waals surface area (Å²) >= 11 is 0. The molecule has 1 saturated carbocycles. The zero-order valence-corrected chi connectivity index (χ0v) is 18.4. The van der Waals surface area contributed by atoms with Crippen LogP contribution in [0.3, 0.4) is 0 Å². The van der Waals surface area contributed by atoms with Crippen LogP contribution in [0.25, 0.3) is 0 Å². The van der Waals surface area contributed by atoms with Crippen molar-refractivity contribution in [2.45, 2.75) is 93.6 Å². The fraction of sp³-hybridized carbons (Fsp3) is 0.714. The maximum absolute atomic E-state index is 13.4. The van der Waals surface area contributed by atoms with E-state index in [2.05, 4.69) is 26.6 Å². The second-order valence-corrected chi connectivity index (χ2v) is 16.8. The smallest absolute Gasteiger partial charge is 0.184 e. The third-order valence-electron chi connectivity index (χ3n) is 5.50. The van der Waals surface area contributed by atoms with Crippen LogP contribution in [0, 0.1) is 5.92 Å². The van der Waals surface area contributed by atoms with Crippen LogP contribution in [-0.2, 0) is 9.84 Å². The molecule has 1 fully saturated rings. The Kier molecular flexibility index (Phi) is 6.94. The molecule has 0 aliphatic heterocycles. The molecule has 25 heavy (non-hydrogen) atoms. The molecule has 1 aromatic carbocycles. The highest BCUT2D eigenvalue weighted by Gasteiger charge is 2.63. The molecule has 0 bridgehead atoms. The first kappa shape index (κ1) is 20.7. The van der Waals surface area contributed by atoms with E-state index in [9.17, 15) is 8.42 Å². The average molecular weight is 381 g/mol. The van der Waals surface area contributed by atoms with Gasteiger partial charge in [0, 0.05) is 8.07 Å². The number of unbranched alkanes of at least 4 members (excludes halogenated alkanes) is 5. The van der Waals surface area contributed by atoms with Crippen molar-refractivity contribution in [3.8, 4) is 0 Å². The van der Waals surface area contributed by atoms with Gasteiger partial charge in [-0.15, -0.1) is 0 Å². The summed E-state index contributed by atoms with van der Waals surface area (Å²) in [5, 5.41) is 0. The summed E-state index contributed by atoms with van der Waals surface area (Å²) < 4.78 is 26.3. The molecule has 0 aromatic heterocycles. The van der Waals surface area contributed by atoms with E-state index in [0.29, 0.717) is 10.8 Å². The summed E-state index contributed by atoms with van der Waals surface area (Å²) in [7, 11) is -4.69. The first-order chi connectivity index (χ1) is 11.7. The van der Waals surface area contributed by atoms with Crippen LogP contribution in [0.2, 0.25) is 25.7 Å². The highest BCUT2D eigenvalue weighted by atomic mass is 32.2. The van der Waals surface area contributed by atoms with Gasteiger partial charge < -0.3 is 0 Å². The Morgan fingerprint density at radius 2 is 1.60 bits per heavy atom. The number of hydrogen-bond acceptors (Lipinski definition) is 2. The minimum Gasteiger partial charge on any atom is -0.223 e. The summed E-state index contributed by atoms with van der Waals surface area (Å²) in [4.78, 5) is 0.527. The molecule has 2 rings (SSSR count). The highest BCUT2D eigenvalue weighted by Crippen LogP contribution is 2.59. The van der Waals surface area contributed by atoms with Gasteiger partial charge in [-0.25, -0.2) is 8.42 Å². The zero-order valence-electron chi connectivity index (χ0n) is 16.6. The number of benzene rings is 1. The van der Waals surface area contributed by atoms with Crippen molar-refractivity contribution in [2.24, 2.45) is 5.92 Å². The summed E-state index contributed by atoms with van der Waals surface area (Å²) in [6, 6.07) is 10.0. The van der Waals surface area contributed by atoms with Crippen molar-refractivity contribution >= 4 is 17.9 Å². The standard InChI is InChI=1S/C21H36O2SSi/c1-5-6-7-8-9-11-14-19-17-21(19,18-25(2,3)4)24(22,23)20-15-12-10-13-16-20/h10,12-13,15-16,19H,5-9,11,14,17-18H2,1-4H3. The Morgan fingerprint density at radius 3 is 2.20 bits per heavy atom. The molecule has 1 aromatic rings. The van der Waals surface area contributed by atoms with E-state index in [1.807, 2.05) is 18.2 Å². The van der Waals surface area contributed by atoms with E-state index >= 15 is 0 Å². The fourth-order valence-electron chi connectivity index (χ4n) is 4.27. The maximum Gasteiger partial charge on any atom is 0.184 e. The van der Waals surface area contributed by atoms with Crippen LogP contribution < -0.4 is 0 Å². The normalized spacial score (nSPS) is 23.6. The molecule has 0 N–H and O–H groups in total. The minimum atomic E-state index is -3.23. The molecular formula is C21H36O2SSi. The molecule has 0 spiro atoms. The number of hydrogen-bond donors (Lipinski definition) is 0. The van der Waals surface area contributed by atoms with Gasteiger partial charge in [0.15, 0.2) is 9.84 Å². The van der Waals surface area contributed by atoms with Crippen molar-refractivity contribution in [3.63, 3.8) is 0 Å². The average Bonchev–Trinajstić information content (AvgIpc) is 3.24. The summed E-state index contributed by atoms with van der Waals surface area (Å²) in [5.74, 6) is 0.371. The minimum absolute atomic E-state index is 0.371. The van der Waals surface area contributed by atoms with Gasteiger partial charge in [-0.3, -0.25) is 0 Å². The largest absolute Gasteiger partial charge is 0.223 e. The van der Waals surface area contributed by atoms with Crippen LogP contribution in [-0.4, -0.2) is 21.2 Å². The van der Waals surface area contributed by atoms with Crippen molar-refractivity contribution < 1.29 is 8.42 Å².